The van der Waals surface area contributed by atoms with Crippen LogP contribution in [0.2, 0.25) is 0 Å². The number of hydrogen-bond acceptors (Lipinski definition) is 3. The highest BCUT2D eigenvalue weighted by atomic mass is 79.9. The van der Waals surface area contributed by atoms with Crippen LogP contribution < -0.4 is 5.48 Å². The van der Waals surface area contributed by atoms with Gasteiger partial charge in [-0.05, 0) is 34.5 Å². The van der Waals surface area contributed by atoms with E-state index in [-0.39, 0.29) is 0 Å². The second-order valence-corrected chi connectivity index (χ2v) is 2.70. The maximum atomic E-state index is 8.50. The molecule has 1 heterocycles. The molecule has 10 heavy (non-hydrogen) atoms. The minimum Gasteiger partial charge on any atom is -0.290 e. The van der Waals surface area contributed by atoms with Crippen LogP contribution in [0.5, 0.6) is 0 Å². The molecule has 0 aliphatic carbocycles. The van der Waals surface area contributed by atoms with Gasteiger partial charge >= 0.3 is 0 Å². The van der Waals surface area contributed by atoms with Gasteiger partial charge in [0.05, 0.1) is 4.47 Å². The summed E-state index contributed by atoms with van der Waals surface area (Å²) in [6, 6.07) is 1.85. The highest BCUT2D eigenvalue weighted by Gasteiger charge is 2.00. The second-order valence-electron chi connectivity index (χ2n) is 1.90. The lowest BCUT2D eigenvalue weighted by Crippen LogP contribution is -1.94. The molecule has 54 valence electrons. The standard InChI is InChI=1S/C6H7BrN2O/c1-4-2-3-8-6(9-10)5(4)7/h2-3,10H,1H3,(H,8,9). The van der Waals surface area contributed by atoms with E-state index >= 15 is 0 Å². The zero-order valence-electron chi connectivity index (χ0n) is 5.43. The van der Waals surface area contributed by atoms with Crippen molar-refractivity contribution in [3.63, 3.8) is 0 Å². The molecular weight excluding hydrogens is 196 g/mol. The van der Waals surface area contributed by atoms with E-state index in [4.69, 9.17) is 5.21 Å². The van der Waals surface area contributed by atoms with Gasteiger partial charge in [-0.25, -0.2) is 4.98 Å². The highest BCUT2D eigenvalue weighted by Crippen LogP contribution is 2.22. The van der Waals surface area contributed by atoms with Gasteiger partial charge in [-0.1, -0.05) is 0 Å². The van der Waals surface area contributed by atoms with Crippen LogP contribution in [0.1, 0.15) is 5.56 Å². The van der Waals surface area contributed by atoms with Crippen molar-refractivity contribution in [2.75, 3.05) is 5.48 Å². The number of rotatable bonds is 1. The molecule has 0 aromatic carbocycles. The largest absolute Gasteiger partial charge is 0.290 e. The van der Waals surface area contributed by atoms with Gasteiger partial charge < -0.3 is 0 Å². The topological polar surface area (TPSA) is 45.2 Å². The summed E-state index contributed by atoms with van der Waals surface area (Å²) in [5.74, 6) is 0.444. The van der Waals surface area contributed by atoms with Gasteiger partial charge in [-0.15, -0.1) is 0 Å². The molecule has 0 unspecified atom stereocenters. The molecule has 0 bridgehead atoms. The number of nitrogens with zero attached hydrogens (tertiary/aromatic N) is 1. The molecule has 0 spiro atoms. The summed E-state index contributed by atoms with van der Waals surface area (Å²) >= 11 is 3.26. The van der Waals surface area contributed by atoms with E-state index in [1.54, 1.807) is 6.20 Å². The van der Waals surface area contributed by atoms with E-state index in [0.29, 0.717) is 5.82 Å². The van der Waals surface area contributed by atoms with Crippen molar-refractivity contribution in [3.8, 4) is 0 Å². The minimum absolute atomic E-state index is 0.444. The molecule has 2 N–H and O–H groups in total. The molecule has 0 aliphatic heterocycles. The lowest BCUT2D eigenvalue weighted by molar-refractivity contribution is 0.385. The van der Waals surface area contributed by atoms with Gasteiger partial charge in [-0.3, -0.25) is 10.7 Å². The first-order chi connectivity index (χ1) is 4.75. The Labute approximate surface area is 67.2 Å². The predicted molar refractivity (Wildman–Crippen MR) is 42.1 cm³/mol. The fourth-order valence-electron chi connectivity index (χ4n) is 0.618. The zero-order chi connectivity index (χ0) is 7.56. The normalized spacial score (nSPS) is 9.50. The molecule has 4 heteroatoms. The van der Waals surface area contributed by atoms with E-state index in [9.17, 15) is 0 Å². The highest BCUT2D eigenvalue weighted by molar-refractivity contribution is 9.10. The van der Waals surface area contributed by atoms with Gasteiger partial charge in [0.25, 0.3) is 0 Å². The van der Waals surface area contributed by atoms with Crippen molar-refractivity contribution in [1.82, 2.24) is 4.98 Å². The van der Waals surface area contributed by atoms with Gasteiger partial charge in [0, 0.05) is 6.20 Å². The molecule has 0 fully saturated rings. The Morgan fingerprint density at radius 1 is 1.70 bits per heavy atom. The number of pyridine rings is 1. The lowest BCUT2D eigenvalue weighted by Gasteiger charge is -2.01. The van der Waals surface area contributed by atoms with Crippen LogP contribution in [0.15, 0.2) is 16.7 Å². The molecule has 0 saturated heterocycles. The SMILES string of the molecule is Cc1ccnc(NO)c1Br. The fourth-order valence-corrected chi connectivity index (χ4v) is 0.941. The molecule has 1 aromatic rings. The molecule has 0 atom stereocenters. The van der Waals surface area contributed by atoms with Crippen LogP contribution in [-0.4, -0.2) is 10.2 Å². The molecular formula is C6H7BrN2O. The summed E-state index contributed by atoms with van der Waals surface area (Å²) < 4.78 is 0.789. The van der Waals surface area contributed by atoms with E-state index in [1.165, 1.54) is 0 Å². The van der Waals surface area contributed by atoms with Crippen LogP contribution in [-0.2, 0) is 0 Å². The molecule has 1 aromatic heterocycles. The number of hydrogen-bond donors (Lipinski definition) is 2. The first-order valence-electron chi connectivity index (χ1n) is 2.77. The number of halogens is 1. The van der Waals surface area contributed by atoms with Crippen LogP contribution in [0.25, 0.3) is 0 Å². The smallest absolute Gasteiger partial charge is 0.164 e. The number of nitrogens with one attached hydrogen (secondary N) is 1. The molecule has 0 aliphatic rings. The van der Waals surface area contributed by atoms with Crippen molar-refractivity contribution >= 4 is 21.7 Å². The minimum atomic E-state index is 0.444. The monoisotopic (exact) mass is 202 g/mol. The van der Waals surface area contributed by atoms with Gasteiger partial charge in [0.15, 0.2) is 5.82 Å². The Kier molecular flexibility index (Phi) is 2.24. The van der Waals surface area contributed by atoms with Crippen molar-refractivity contribution < 1.29 is 5.21 Å². The first kappa shape index (κ1) is 7.50. The second kappa shape index (κ2) is 2.98. The van der Waals surface area contributed by atoms with E-state index < -0.39 is 0 Å². The predicted octanol–water partition coefficient (Wildman–Crippen LogP) is 1.95. The number of aromatic nitrogens is 1. The van der Waals surface area contributed by atoms with Crippen molar-refractivity contribution in [1.29, 1.82) is 0 Å². The lowest BCUT2D eigenvalue weighted by atomic mass is 10.3. The summed E-state index contributed by atoms with van der Waals surface area (Å²) in [6.07, 6.45) is 1.62. The number of aryl methyl sites for hydroxylation is 1. The van der Waals surface area contributed by atoms with E-state index in [1.807, 2.05) is 18.5 Å². The van der Waals surface area contributed by atoms with Crippen LogP contribution >= 0.6 is 15.9 Å². The molecule has 0 saturated carbocycles. The summed E-state index contributed by atoms with van der Waals surface area (Å²) in [7, 11) is 0. The Balaban J connectivity index is 3.14. The third-order valence-electron chi connectivity index (χ3n) is 1.19. The Morgan fingerprint density at radius 3 is 2.90 bits per heavy atom. The zero-order valence-corrected chi connectivity index (χ0v) is 7.01. The molecule has 3 nitrogen and oxygen atoms in total. The van der Waals surface area contributed by atoms with Crippen LogP contribution in [0.3, 0.4) is 0 Å². The average molecular weight is 203 g/mol. The van der Waals surface area contributed by atoms with Gasteiger partial charge in [0.2, 0.25) is 0 Å². The third-order valence-corrected chi connectivity index (χ3v) is 2.19. The summed E-state index contributed by atoms with van der Waals surface area (Å²) in [6.45, 7) is 1.92. The first-order valence-corrected chi connectivity index (χ1v) is 3.56. The summed E-state index contributed by atoms with van der Waals surface area (Å²) in [5, 5.41) is 8.50. The third kappa shape index (κ3) is 1.27. The summed E-state index contributed by atoms with van der Waals surface area (Å²) in [4.78, 5) is 3.85. The van der Waals surface area contributed by atoms with E-state index in [2.05, 4.69) is 20.9 Å². The Bertz CT molecular complexity index is 239. The molecule has 1 rings (SSSR count). The average Bonchev–Trinajstić information content (AvgIpc) is 1.95. The Hall–Kier alpha value is -0.610. The number of anilines is 1. The van der Waals surface area contributed by atoms with E-state index in [0.717, 1.165) is 10.0 Å². The van der Waals surface area contributed by atoms with Crippen molar-refractivity contribution in [3.05, 3.63) is 22.3 Å². The van der Waals surface area contributed by atoms with Crippen LogP contribution in [0, 0.1) is 6.92 Å². The maximum absolute atomic E-state index is 8.50. The van der Waals surface area contributed by atoms with Gasteiger partial charge in [0.1, 0.15) is 0 Å². The fraction of sp³-hybridized carbons (Fsp3) is 0.167. The molecule has 0 radical (unpaired) electrons. The summed E-state index contributed by atoms with van der Waals surface area (Å²) in [5.41, 5.74) is 3.01. The maximum Gasteiger partial charge on any atom is 0.164 e. The van der Waals surface area contributed by atoms with Crippen molar-refractivity contribution in [2.24, 2.45) is 0 Å². The Morgan fingerprint density at radius 2 is 2.40 bits per heavy atom. The quantitative estimate of drug-likeness (QED) is 0.685. The molecule has 0 amide bonds. The van der Waals surface area contributed by atoms with Crippen LogP contribution in [0.4, 0.5) is 5.82 Å². The van der Waals surface area contributed by atoms with Crippen molar-refractivity contribution in [2.45, 2.75) is 6.92 Å². The van der Waals surface area contributed by atoms with Gasteiger partial charge in [-0.2, -0.15) is 0 Å².